The standard InChI is InChI=1S/C23H23N3O2/c1-15(2)16-6-5-7-17(12-16)18-8-11-22-24-25-23(26(22)14-18)20-10-9-19(27-3)13-21(20)28-4/h5-15H,1-4H3. The maximum Gasteiger partial charge on any atom is 0.172 e. The lowest BCUT2D eigenvalue weighted by Gasteiger charge is -2.11. The first-order valence-corrected chi connectivity index (χ1v) is 9.28. The van der Waals surface area contributed by atoms with Crippen LogP contribution in [0.3, 0.4) is 0 Å². The van der Waals surface area contributed by atoms with Gasteiger partial charge in [-0.2, -0.15) is 0 Å². The summed E-state index contributed by atoms with van der Waals surface area (Å²) in [6, 6.07) is 18.4. The van der Waals surface area contributed by atoms with Crippen molar-refractivity contribution in [3.63, 3.8) is 0 Å². The Labute approximate surface area is 164 Å². The van der Waals surface area contributed by atoms with Gasteiger partial charge >= 0.3 is 0 Å². The number of hydrogen-bond acceptors (Lipinski definition) is 4. The summed E-state index contributed by atoms with van der Waals surface area (Å²) in [6.45, 7) is 4.41. The smallest absolute Gasteiger partial charge is 0.172 e. The predicted molar refractivity (Wildman–Crippen MR) is 111 cm³/mol. The van der Waals surface area contributed by atoms with E-state index in [0.717, 1.165) is 28.3 Å². The van der Waals surface area contributed by atoms with E-state index in [1.54, 1.807) is 14.2 Å². The van der Waals surface area contributed by atoms with Crippen LogP contribution in [0.1, 0.15) is 25.3 Å². The van der Waals surface area contributed by atoms with Crippen molar-refractivity contribution in [2.75, 3.05) is 14.2 Å². The molecule has 0 aliphatic heterocycles. The number of nitrogens with zero attached hydrogens (tertiary/aromatic N) is 3. The third-order valence-electron chi connectivity index (χ3n) is 4.94. The van der Waals surface area contributed by atoms with Gasteiger partial charge in [0.25, 0.3) is 0 Å². The fraction of sp³-hybridized carbons (Fsp3) is 0.217. The highest BCUT2D eigenvalue weighted by atomic mass is 16.5. The van der Waals surface area contributed by atoms with Crippen LogP contribution in [0.4, 0.5) is 0 Å². The van der Waals surface area contributed by atoms with Gasteiger partial charge in [-0.15, -0.1) is 10.2 Å². The molecule has 0 saturated carbocycles. The minimum atomic E-state index is 0.484. The number of hydrogen-bond donors (Lipinski definition) is 0. The van der Waals surface area contributed by atoms with E-state index in [-0.39, 0.29) is 0 Å². The van der Waals surface area contributed by atoms with E-state index >= 15 is 0 Å². The lowest BCUT2D eigenvalue weighted by molar-refractivity contribution is 0.395. The second-order valence-electron chi connectivity index (χ2n) is 7.02. The highest BCUT2D eigenvalue weighted by Crippen LogP contribution is 2.33. The van der Waals surface area contributed by atoms with E-state index in [0.29, 0.717) is 11.7 Å². The third kappa shape index (κ3) is 3.20. The Morgan fingerprint density at radius 3 is 2.46 bits per heavy atom. The third-order valence-corrected chi connectivity index (χ3v) is 4.94. The fourth-order valence-electron chi connectivity index (χ4n) is 3.31. The van der Waals surface area contributed by atoms with Gasteiger partial charge in [-0.25, -0.2) is 0 Å². The monoisotopic (exact) mass is 373 g/mol. The number of rotatable bonds is 5. The van der Waals surface area contributed by atoms with Crippen molar-refractivity contribution in [2.24, 2.45) is 0 Å². The number of methoxy groups -OCH3 is 2. The van der Waals surface area contributed by atoms with Crippen LogP contribution in [-0.2, 0) is 0 Å². The summed E-state index contributed by atoms with van der Waals surface area (Å²) >= 11 is 0. The Kier molecular flexibility index (Phi) is 4.74. The Morgan fingerprint density at radius 2 is 1.71 bits per heavy atom. The number of fused-ring (bicyclic) bond motifs is 1. The van der Waals surface area contributed by atoms with Crippen LogP contribution in [0.5, 0.6) is 11.5 Å². The van der Waals surface area contributed by atoms with Crippen molar-refractivity contribution in [1.29, 1.82) is 0 Å². The van der Waals surface area contributed by atoms with Crippen molar-refractivity contribution in [1.82, 2.24) is 14.6 Å². The molecule has 0 fully saturated rings. The normalized spacial score (nSPS) is 11.2. The van der Waals surface area contributed by atoms with E-state index in [1.807, 2.05) is 28.7 Å². The Morgan fingerprint density at radius 1 is 0.857 bits per heavy atom. The largest absolute Gasteiger partial charge is 0.497 e. The van der Waals surface area contributed by atoms with E-state index in [4.69, 9.17) is 9.47 Å². The molecule has 0 bridgehead atoms. The molecule has 0 unspecified atom stereocenters. The molecule has 0 spiro atoms. The molecular weight excluding hydrogens is 350 g/mol. The zero-order valence-corrected chi connectivity index (χ0v) is 16.5. The molecule has 4 rings (SSSR count). The number of ether oxygens (including phenoxy) is 2. The molecule has 0 N–H and O–H groups in total. The molecular formula is C23H23N3O2. The molecule has 5 heteroatoms. The molecule has 2 aromatic heterocycles. The predicted octanol–water partition coefficient (Wildman–Crippen LogP) is 5.20. The molecule has 0 saturated heterocycles. The molecule has 2 heterocycles. The first kappa shape index (κ1) is 18.0. The summed E-state index contributed by atoms with van der Waals surface area (Å²) in [7, 11) is 3.28. The molecule has 2 aromatic carbocycles. The SMILES string of the molecule is COc1ccc(-c2nnc3ccc(-c4cccc(C(C)C)c4)cn23)c(OC)c1. The summed E-state index contributed by atoms with van der Waals surface area (Å²) in [5.74, 6) is 2.65. The Hall–Kier alpha value is -3.34. The average molecular weight is 373 g/mol. The molecule has 142 valence electrons. The molecule has 0 aliphatic rings. The zero-order chi connectivity index (χ0) is 19.7. The van der Waals surface area contributed by atoms with E-state index in [1.165, 1.54) is 11.1 Å². The minimum absolute atomic E-state index is 0.484. The van der Waals surface area contributed by atoms with Gasteiger partial charge in [0.2, 0.25) is 0 Å². The van der Waals surface area contributed by atoms with E-state index < -0.39 is 0 Å². The summed E-state index contributed by atoms with van der Waals surface area (Å²) in [6.07, 6.45) is 2.08. The number of benzene rings is 2. The molecule has 4 aromatic rings. The van der Waals surface area contributed by atoms with Gasteiger partial charge in [0, 0.05) is 12.3 Å². The fourth-order valence-corrected chi connectivity index (χ4v) is 3.31. The van der Waals surface area contributed by atoms with Gasteiger partial charge < -0.3 is 9.47 Å². The van der Waals surface area contributed by atoms with Gasteiger partial charge in [0.1, 0.15) is 11.5 Å². The highest BCUT2D eigenvalue weighted by molar-refractivity contribution is 5.71. The Bertz CT molecular complexity index is 1130. The van der Waals surface area contributed by atoms with E-state index in [9.17, 15) is 0 Å². The quantitative estimate of drug-likeness (QED) is 0.482. The van der Waals surface area contributed by atoms with Crippen molar-refractivity contribution >= 4 is 5.65 Å². The summed E-state index contributed by atoms with van der Waals surface area (Å²) in [5.41, 5.74) is 5.26. The lowest BCUT2D eigenvalue weighted by Crippen LogP contribution is -1.95. The number of aromatic nitrogens is 3. The topological polar surface area (TPSA) is 48.7 Å². The maximum atomic E-state index is 5.56. The van der Waals surface area contributed by atoms with Gasteiger partial charge in [0.05, 0.1) is 19.8 Å². The van der Waals surface area contributed by atoms with Crippen LogP contribution in [0.15, 0.2) is 60.8 Å². The van der Waals surface area contributed by atoms with Gasteiger partial charge in [-0.3, -0.25) is 4.40 Å². The first-order valence-electron chi connectivity index (χ1n) is 9.28. The van der Waals surface area contributed by atoms with Crippen molar-refractivity contribution in [3.05, 3.63) is 66.4 Å². The average Bonchev–Trinajstić information content (AvgIpc) is 3.16. The summed E-state index contributed by atoms with van der Waals surface area (Å²) in [5, 5.41) is 8.72. The van der Waals surface area contributed by atoms with Crippen LogP contribution in [-0.4, -0.2) is 28.8 Å². The first-order chi connectivity index (χ1) is 13.6. The molecule has 0 amide bonds. The number of pyridine rings is 1. The van der Waals surface area contributed by atoms with Crippen LogP contribution in [0.25, 0.3) is 28.2 Å². The second-order valence-corrected chi connectivity index (χ2v) is 7.02. The minimum Gasteiger partial charge on any atom is -0.497 e. The lowest BCUT2D eigenvalue weighted by atomic mass is 9.98. The van der Waals surface area contributed by atoms with Crippen molar-refractivity contribution in [3.8, 4) is 34.0 Å². The van der Waals surface area contributed by atoms with Gasteiger partial charge in [0.15, 0.2) is 11.5 Å². The van der Waals surface area contributed by atoms with Gasteiger partial charge in [-0.05, 0) is 46.9 Å². The summed E-state index contributed by atoms with van der Waals surface area (Å²) < 4.78 is 12.9. The zero-order valence-electron chi connectivity index (χ0n) is 16.5. The molecule has 28 heavy (non-hydrogen) atoms. The summed E-state index contributed by atoms with van der Waals surface area (Å²) in [4.78, 5) is 0. The van der Waals surface area contributed by atoms with E-state index in [2.05, 4.69) is 60.6 Å². The molecule has 0 atom stereocenters. The maximum absolute atomic E-state index is 5.56. The van der Waals surface area contributed by atoms with Crippen LogP contribution in [0, 0.1) is 0 Å². The van der Waals surface area contributed by atoms with Crippen LogP contribution >= 0.6 is 0 Å². The molecule has 0 radical (unpaired) electrons. The van der Waals surface area contributed by atoms with Gasteiger partial charge in [-0.1, -0.05) is 38.1 Å². The van der Waals surface area contributed by atoms with Crippen LogP contribution < -0.4 is 9.47 Å². The van der Waals surface area contributed by atoms with Crippen molar-refractivity contribution < 1.29 is 9.47 Å². The van der Waals surface area contributed by atoms with Crippen molar-refractivity contribution in [2.45, 2.75) is 19.8 Å². The second kappa shape index (κ2) is 7.35. The Balaban J connectivity index is 1.85. The molecule has 0 aliphatic carbocycles. The molecule has 5 nitrogen and oxygen atoms in total. The highest BCUT2D eigenvalue weighted by Gasteiger charge is 2.15. The van der Waals surface area contributed by atoms with Crippen LogP contribution in [0.2, 0.25) is 0 Å².